The first-order valence-corrected chi connectivity index (χ1v) is 6.03. The summed E-state index contributed by atoms with van der Waals surface area (Å²) in [5.41, 5.74) is 5.93. The van der Waals surface area contributed by atoms with Crippen molar-refractivity contribution in [1.29, 1.82) is 0 Å². The van der Waals surface area contributed by atoms with Crippen LogP contribution in [0.2, 0.25) is 0 Å². The van der Waals surface area contributed by atoms with Crippen LogP contribution in [0.3, 0.4) is 0 Å². The monoisotopic (exact) mass is 295 g/mol. The zero-order valence-corrected chi connectivity index (χ0v) is 11.7. The number of anilines is 1. The van der Waals surface area contributed by atoms with Crippen LogP contribution < -0.4 is 16.4 Å². The molecule has 0 spiro atoms. The molecule has 0 heterocycles. The highest BCUT2D eigenvalue weighted by atomic mass is 16.7. The number of hydrogen-bond donors (Lipinski definition) is 3. The van der Waals surface area contributed by atoms with E-state index in [0.717, 1.165) is 0 Å². The van der Waals surface area contributed by atoms with Gasteiger partial charge in [-0.25, -0.2) is 0 Å². The van der Waals surface area contributed by atoms with Crippen molar-refractivity contribution in [2.24, 2.45) is 0 Å². The first kappa shape index (κ1) is 16.6. The Balaban J connectivity index is 2.55. The molecule has 0 aliphatic heterocycles. The molecule has 8 nitrogen and oxygen atoms in total. The molecule has 21 heavy (non-hydrogen) atoms. The van der Waals surface area contributed by atoms with Gasteiger partial charge < -0.3 is 20.5 Å². The predicted octanol–water partition coefficient (Wildman–Crippen LogP) is -0.740. The van der Waals surface area contributed by atoms with Crippen LogP contribution in [-0.2, 0) is 19.1 Å². The summed E-state index contributed by atoms with van der Waals surface area (Å²) in [4.78, 5) is 34.9. The minimum atomic E-state index is -1.09. The lowest BCUT2D eigenvalue weighted by molar-refractivity contribution is -0.141. The van der Waals surface area contributed by atoms with Gasteiger partial charge in [0.15, 0.2) is 6.29 Å². The first-order chi connectivity index (χ1) is 9.99. The highest BCUT2D eigenvalue weighted by Gasteiger charge is 2.19. The number of ether oxygens (including phenoxy) is 2. The zero-order valence-electron chi connectivity index (χ0n) is 11.7. The molecule has 0 saturated heterocycles. The summed E-state index contributed by atoms with van der Waals surface area (Å²) in [6.45, 7) is -0.0269. The Labute approximate surface area is 121 Å². The maximum Gasteiger partial charge on any atom is 0.316 e. The van der Waals surface area contributed by atoms with Gasteiger partial charge in [0.05, 0.1) is 12.1 Å². The van der Waals surface area contributed by atoms with Gasteiger partial charge in [0.25, 0.3) is 5.91 Å². The van der Waals surface area contributed by atoms with Crippen molar-refractivity contribution in [3.05, 3.63) is 29.8 Å². The van der Waals surface area contributed by atoms with Gasteiger partial charge in [-0.15, -0.1) is 0 Å². The number of carbonyl (C=O) groups is 3. The molecule has 1 rings (SSSR count). The van der Waals surface area contributed by atoms with E-state index in [1.165, 1.54) is 26.4 Å². The summed E-state index contributed by atoms with van der Waals surface area (Å²) in [5.74, 6) is -2.81. The van der Waals surface area contributed by atoms with Crippen molar-refractivity contribution in [2.45, 2.75) is 6.29 Å². The summed E-state index contributed by atoms with van der Waals surface area (Å²) >= 11 is 0. The van der Waals surface area contributed by atoms with E-state index < -0.39 is 24.0 Å². The maximum atomic E-state index is 11.8. The second-order valence-electron chi connectivity index (χ2n) is 3.98. The lowest BCUT2D eigenvalue weighted by Gasteiger charge is -2.13. The SMILES string of the molecule is COC(CNC(=O)C(=O)NC(=O)c1ccccc1N)OC. The molecule has 0 aliphatic carbocycles. The van der Waals surface area contributed by atoms with E-state index in [4.69, 9.17) is 15.2 Å². The van der Waals surface area contributed by atoms with Crippen LogP contribution in [0.15, 0.2) is 24.3 Å². The van der Waals surface area contributed by atoms with Gasteiger partial charge in [-0.3, -0.25) is 19.7 Å². The van der Waals surface area contributed by atoms with Crippen LogP contribution in [0.25, 0.3) is 0 Å². The third kappa shape index (κ3) is 4.86. The topological polar surface area (TPSA) is 120 Å². The van der Waals surface area contributed by atoms with Crippen LogP contribution in [0.1, 0.15) is 10.4 Å². The first-order valence-electron chi connectivity index (χ1n) is 6.03. The van der Waals surface area contributed by atoms with Crippen LogP contribution in [0.4, 0.5) is 5.69 Å². The van der Waals surface area contributed by atoms with Gasteiger partial charge in [0, 0.05) is 19.9 Å². The average Bonchev–Trinajstić information content (AvgIpc) is 2.48. The van der Waals surface area contributed by atoms with Crippen LogP contribution in [0.5, 0.6) is 0 Å². The fraction of sp³-hybridized carbons (Fsp3) is 0.308. The molecule has 0 fully saturated rings. The molecule has 0 saturated carbocycles. The molecule has 4 N–H and O–H groups in total. The third-order valence-electron chi connectivity index (χ3n) is 2.59. The Bertz CT molecular complexity index is 528. The Morgan fingerprint density at radius 3 is 2.33 bits per heavy atom. The Morgan fingerprint density at radius 2 is 1.76 bits per heavy atom. The molecule has 0 aromatic heterocycles. The number of nitrogens with one attached hydrogen (secondary N) is 2. The number of hydrogen-bond acceptors (Lipinski definition) is 6. The average molecular weight is 295 g/mol. The van der Waals surface area contributed by atoms with E-state index in [-0.39, 0.29) is 17.8 Å². The lowest BCUT2D eigenvalue weighted by atomic mass is 10.1. The second-order valence-corrected chi connectivity index (χ2v) is 3.98. The fourth-order valence-electron chi connectivity index (χ4n) is 1.45. The molecule has 3 amide bonds. The second kappa shape index (κ2) is 7.98. The molecular weight excluding hydrogens is 278 g/mol. The normalized spacial score (nSPS) is 10.2. The summed E-state index contributed by atoms with van der Waals surface area (Å²) < 4.78 is 9.69. The smallest absolute Gasteiger partial charge is 0.316 e. The number of methoxy groups -OCH3 is 2. The number of para-hydroxylation sites is 1. The number of nitrogens with two attached hydrogens (primary N) is 1. The number of imide groups is 1. The van der Waals surface area contributed by atoms with E-state index >= 15 is 0 Å². The highest BCUT2D eigenvalue weighted by molar-refractivity contribution is 6.38. The molecule has 0 radical (unpaired) electrons. The van der Waals surface area contributed by atoms with E-state index in [9.17, 15) is 14.4 Å². The van der Waals surface area contributed by atoms with E-state index in [1.54, 1.807) is 12.1 Å². The van der Waals surface area contributed by atoms with Crippen molar-refractivity contribution >= 4 is 23.4 Å². The summed E-state index contributed by atoms with van der Waals surface area (Å²) in [5, 5.41) is 4.22. The van der Waals surface area contributed by atoms with Crippen LogP contribution in [0, 0.1) is 0 Å². The number of carbonyl (C=O) groups excluding carboxylic acids is 3. The summed E-state index contributed by atoms with van der Waals surface area (Å²) in [6, 6.07) is 6.21. The van der Waals surface area contributed by atoms with Crippen molar-refractivity contribution in [3.8, 4) is 0 Å². The van der Waals surface area contributed by atoms with Gasteiger partial charge >= 0.3 is 11.8 Å². The highest BCUT2D eigenvalue weighted by Crippen LogP contribution is 2.09. The van der Waals surface area contributed by atoms with E-state index in [0.29, 0.717) is 0 Å². The number of nitrogen functional groups attached to an aromatic ring is 1. The lowest BCUT2D eigenvalue weighted by Crippen LogP contribution is -2.45. The molecule has 1 aromatic carbocycles. The number of rotatable bonds is 5. The predicted molar refractivity (Wildman–Crippen MR) is 74.1 cm³/mol. The number of amides is 3. The summed E-state index contributed by atoms with van der Waals surface area (Å²) in [7, 11) is 2.78. The molecule has 0 unspecified atom stereocenters. The Morgan fingerprint density at radius 1 is 1.14 bits per heavy atom. The van der Waals surface area contributed by atoms with E-state index in [2.05, 4.69) is 5.32 Å². The quantitative estimate of drug-likeness (QED) is 0.374. The minimum absolute atomic E-state index is 0.0269. The molecule has 114 valence electrons. The van der Waals surface area contributed by atoms with Crippen LogP contribution in [-0.4, -0.2) is 44.8 Å². The van der Waals surface area contributed by atoms with Crippen molar-refractivity contribution in [1.82, 2.24) is 10.6 Å². The summed E-state index contributed by atoms with van der Waals surface area (Å²) in [6.07, 6.45) is -0.679. The Hall–Kier alpha value is -2.45. The minimum Gasteiger partial charge on any atom is -0.398 e. The molecule has 0 atom stereocenters. The molecule has 8 heteroatoms. The largest absolute Gasteiger partial charge is 0.398 e. The van der Waals surface area contributed by atoms with Gasteiger partial charge in [-0.05, 0) is 12.1 Å². The standard InChI is InChI=1S/C13H17N3O5/c1-20-10(21-2)7-15-12(18)13(19)16-11(17)8-5-3-4-6-9(8)14/h3-6,10H,7,14H2,1-2H3,(H,15,18)(H,16,17,19). The molecule has 0 bridgehead atoms. The molecule has 0 aliphatic rings. The molecular formula is C13H17N3O5. The Kier molecular flexibility index (Phi) is 6.31. The van der Waals surface area contributed by atoms with Crippen molar-refractivity contribution < 1.29 is 23.9 Å². The van der Waals surface area contributed by atoms with Crippen molar-refractivity contribution in [3.63, 3.8) is 0 Å². The zero-order chi connectivity index (χ0) is 15.8. The maximum absolute atomic E-state index is 11.8. The van der Waals surface area contributed by atoms with Crippen LogP contribution >= 0.6 is 0 Å². The fourth-order valence-corrected chi connectivity index (χ4v) is 1.45. The number of benzene rings is 1. The molecule has 1 aromatic rings. The third-order valence-corrected chi connectivity index (χ3v) is 2.59. The van der Waals surface area contributed by atoms with Gasteiger partial charge in [0.2, 0.25) is 0 Å². The van der Waals surface area contributed by atoms with Gasteiger partial charge in [-0.1, -0.05) is 12.1 Å². The van der Waals surface area contributed by atoms with E-state index in [1.807, 2.05) is 5.32 Å². The van der Waals surface area contributed by atoms with Crippen molar-refractivity contribution in [2.75, 3.05) is 26.5 Å². The van der Waals surface area contributed by atoms with Gasteiger partial charge in [-0.2, -0.15) is 0 Å². The van der Waals surface area contributed by atoms with Gasteiger partial charge in [0.1, 0.15) is 0 Å².